The minimum absolute atomic E-state index is 0.0171. The average molecular weight is 418 g/mol. The first kappa shape index (κ1) is 19.7. The standard InChI is InChI=1S/C21H18N6O2S/c1-14(28)16-7-9-17(10-8-16)24-18(29)12-30-21-19-20(22-13-23-21)27(26-25-19)11-15-5-3-2-4-6-15/h2-10,13H,11-12H2,1H3,(H,24,29). The van der Waals surface area contributed by atoms with E-state index >= 15 is 0 Å². The maximum Gasteiger partial charge on any atom is 0.234 e. The first-order chi connectivity index (χ1) is 14.6. The number of thioether (sulfide) groups is 1. The third kappa shape index (κ3) is 4.52. The molecule has 0 aliphatic rings. The Kier molecular flexibility index (Phi) is 5.80. The van der Waals surface area contributed by atoms with Gasteiger partial charge in [0, 0.05) is 11.3 Å². The van der Waals surface area contributed by atoms with E-state index in [0.717, 1.165) is 5.56 Å². The van der Waals surface area contributed by atoms with E-state index in [1.54, 1.807) is 28.9 Å². The van der Waals surface area contributed by atoms with Crippen molar-refractivity contribution >= 4 is 40.3 Å². The number of carbonyl (C=O) groups excluding carboxylic acids is 2. The summed E-state index contributed by atoms with van der Waals surface area (Å²) in [6.07, 6.45) is 1.45. The maximum atomic E-state index is 12.3. The van der Waals surface area contributed by atoms with Crippen LogP contribution >= 0.6 is 11.8 Å². The zero-order chi connectivity index (χ0) is 20.9. The van der Waals surface area contributed by atoms with Crippen LogP contribution in [0.1, 0.15) is 22.8 Å². The topological polar surface area (TPSA) is 103 Å². The number of nitrogens with one attached hydrogen (secondary N) is 1. The Hall–Kier alpha value is -3.59. The van der Waals surface area contributed by atoms with E-state index in [2.05, 4.69) is 25.6 Å². The predicted molar refractivity (Wildman–Crippen MR) is 114 cm³/mol. The average Bonchev–Trinajstić information content (AvgIpc) is 3.17. The van der Waals surface area contributed by atoms with E-state index in [-0.39, 0.29) is 17.4 Å². The van der Waals surface area contributed by atoms with Gasteiger partial charge in [-0.2, -0.15) is 0 Å². The Balaban J connectivity index is 1.42. The molecule has 4 aromatic rings. The number of hydrogen-bond acceptors (Lipinski definition) is 7. The van der Waals surface area contributed by atoms with Gasteiger partial charge in [0.05, 0.1) is 12.3 Å². The zero-order valence-electron chi connectivity index (χ0n) is 16.1. The fourth-order valence-corrected chi connectivity index (χ4v) is 3.59. The lowest BCUT2D eigenvalue weighted by atomic mass is 10.1. The Morgan fingerprint density at radius 3 is 2.53 bits per heavy atom. The van der Waals surface area contributed by atoms with Gasteiger partial charge in [0.15, 0.2) is 16.9 Å². The number of nitrogens with zero attached hydrogens (tertiary/aromatic N) is 5. The Labute approximate surface area is 176 Å². The number of hydrogen-bond donors (Lipinski definition) is 1. The number of carbonyl (C=O) groups is 2. The largest absolute Gasteiger partial charge is 0.325 e. The molecular formula is C21H18N6O2S. The number of Topliss-reactive ketones (excluding diaryl/α,β-unsaturated/α-hetero) is 1. The van der Waals surface area contributed by atoms with Crippen molar-refractivity contribution in [1.82, 2.24) is 25.0 Å². The first-order valence-electron chi connectivity index (χ1n) is 9.22. The second-order valence-electron chi connectivity index (χ2n) is 6.55. The molecule has 2 aromatic carbocycles. The van der Waals surface area contributed by atoms with Crippen molar-refractivity contribution in [3.8, 4) is 0 Å². The summed E-state index contributed by atoms with van der Waals surface area (Å²) in [6, 6.07) is 16.7. The fraction of sp³-hybridized carbons (Fsp3) is 0.143. The molecule has 1 N–H and O–H groups in total. The third-order valence-corrected chi connectivity index (χ3v) is 5.34. The minimum atomic E-state index is -0.181. The highest BCUT2D eigenvalue weighted by Gasteiger charge is 2.14. The molecule has 2 aromatic heterocycles. The molecule has 9 heteroatoms. The quantitative estimate of drug-likeness (QED) is 0.279. The van der Waals surface area contributed by atoms with E-state index in [4.69, 9.17) is 0 Å². The molecule has 0 aliphatic heterocycles. The summed E-state index contributed by atoms with van der Waals surface area (Å²) in [4.78, 5) is 32.2. The van der Waals surface area contributed by atoms with Gasteiger partial charge in [-0.15, -0.1) is 5.10 Å². The van der Waals surface area contributed by atoms with Crippen molar-refractivity contribution in [1.29, 1.82) is 0 Å². The summed E-state index contributed by atoms with van der Waals surface area (Å²) in [6.45, 7) is 2.05. The zero-order valence-corrected chi connectivity index (χ0v) is 17.0. The molecule has 2 heterocycles. The highest BCUT2D eigenvalue weighted by atomic mass is 32.2. The molecule has 1 amide bonds. The van der Waals surface area contributed by atoms with Crippen molar-refractivity contribution in [3.05, 3.63) is 72.1 Å². The monoisotopic (exact) mass is 418 g/mol. The number of fused-ring (bicyclic) bond motifs is 1. The van der Waals surface area contributed by atoms with Gasteiger partial charge in [0.25, 0.3) is 0 Å². The van der Waals surface area contributed by atoms with Crippen LogP contribution in [0.3, 0.4) is 0 Å². The van der Waals surface area contributed by atoms with Crippen LogP contribution in [0, 0.1) is 0 Å². The third-order valence-electron chi connectivity index (χ3n) is 4.36. The number of anilines is 1. The second-order valence-corrected chi connectivity index (χ2v) is 7.52. The van der Waals surface area contributed by atoms with Crippen LogP contribution < -0.4 is 5.32 Å². The maximum absolute atomic E-state index is 12.3. The molecule has 0 bridgehead atoms. The lowest BCUT2D eigenvalue weighted by Crippen LogP contribution is -2.14. The van der Waals surface area contributed by atoms with Gasteiger partial charge >= 0.3 is 0 Å². The van der Waals surface area contributed by atoms with Crippen LogP contribution in [-0.2, 0) is 11.3 Å². The second kappa shape index (κ2) is 8.83. The molecule has 0 aliphatic carbocycles. The number of amides is 1. The van der Waals surface area contributed by atoms with Gasteiger partial charge < -0.3 is 5.32 Å². The van der Waals surface area contributed by atoms with E-state index in [1.807, 2.05) is 30.3 Å². The van der Waals surface area contributed by atoms with Crippen molar-refractivity contribution < 1.29 is 9.59 Å². The summed E-state index contributed by atoms with van der Waals surface area (Å²) in [7, 11) is 0. The van der Waals surface area contributed by atoms with Crippen LogP contribution in [0.25, 0.3) is 11.2 Å². The van der Waals surface area contributed by atoms with E-state index in [1.165, 1.54) is 25.0 Å². The molecular weight excluding hydrogens is 400 g/mol. The van der Waals surface area contributed by atoms with Crippen molar-refractivity contribution in [2.24, 2.45) is 0 Å². The lowest BCUT2D eigenvalue weighted by Gasteiger charge is -2.06. The molecule has 4 rings (SSSR count). The fourth-order valence-electron chi connectivity index (χ4n) is 2.86. The number of rotatable bonds is 7. The Morgan fingerprint density at radius 2 is 1.80 bits per heavy atom. The number of benzene rings is 2. The van der Waals surface area contributed by atoms with Gasteiger partial charge in [-0.3, -0.25) is 9.59 Å². The summed E-state index contributed by atoms with van der Waals surface area (Å²) in [5, 5.41) is 11.8. The van der Waals surface area contributed by atoms with Gasteiger partial charge in [0.2, 0.25) is 5.91 Å². The summed E-state index contributed by atoms with van der Waals surface area (Å²) in [5.74, 6) is -0.0397. The molecule has 150 valence electrons. The van der Waals surface area contributed by atoms with Crippen LogP contribution in [0.4, 0.5) is 5.69 Å². The molecule has 0 fully saturated rings. The van der Waals surface area contributed by atoms with Crippen LogP contribution in [0.15, 0.2) is 66.0 Å². The van der Waals surface area contributed by atoms with Crippen molar-refractivity contribution in [2.75, 3.05) is 11.1 Å². The molecule has 0 spiro atoms. The molecule has 0 unspecified atom stereocenters. The molecule has 0 atom stereocenters. The Bertz CT molecular complexity index is 1190. The van der Waals surface area contributed by atoms with E-state index in [9.17, 15) is 9.59 Å². The summed E-state index contributed by atoms with van der Waals surface area (Å²) >= 11 is 1.27. The predicted octanol–water partition coefficient (Wildman–Crippen LogP) is 3.20. The lowest BCUT2D eigenvalue weighted by molar-refractivity contribution is -0.113. The minimum Gasteiger partial charge on any atom is -0.325 e. The van der Waals surface area contributed by atoms with E-state index in [0.29, 0.717) is 34.0 Å². The Morgan fingerprint density at radius 1 is 1.03 bits per heavy atom. The van der Waals surface area contributed by atoms with Gasteiger partial charge in [-0.05, 0) is 36.8 Å². The van der Waals surface area contributed by atoms with Crippen molar-refractivity contribution in [2.45, 2.75) is 18.5 Å². The first-order valence-corrected chi connectivity index (χ1v) is 10.2. The number of aromatic nitrogens is 5. The molecule has 30 heavy (non-hydrogen) atoms. The molecule has 0 saturated heterocycles. The van der Waals surface area contributed by atoms with Gasteiger partial charge in [0.1, 0.15) is 11.4 Å². The normalized spacial score (nSPS) is 10.8. The van der Waals surface area contributed by atoms with Crippen LogP contribution in [0.2, 0.25) is 0 Å². The van der Waals surface area contributed by atoms with Crippen LogP contribution in [-0.4, -0.2) is 42.4 Å². The highest BCUT2D eigenvalue weighted by molar-refractivity contribution is 8.00. The summed E-state index contributed by atoms with van der Waals surface area (Å²) < 4.78 is 1.72. The SMILES string of the molecule is CC(=O)c1ccc(NC(=O)CSc2ncnc3c2nnn3Cc2ccccc2)cc1. The van der Waals surface area contributed by atoms with Crippen LogP contribution in [0.5, 0.6) is 0 Å². The van der Waals surface area contributed by atoms with E-state index < -0.39 is 0 Å². The molecule has 0 saturated carbocycles. The smallest absolute Gasteiger partial charge is 0.234 e. The molecule has 8 nitrogen and oxygen atoms in total. The van der Waals surface area contributed by atoms with Gasteiger partial charge in [-0.1, -0.05) is 47.3 Å². The summed E-state index contributed by atoms with van der Waals surface area (Å²) in [5.41, 5.74) is 3.51. The molecule has 0 radical (unpaired) electrons. The van der Waals surface area contributed by atoms with Crippen molar-refractivity contribution in [3.63, 3.8) is 0 Å². The number of ketones is 1. The van der Waals surface area contributed by atoms with Gasteiger partial charge in [-0.25, -0.2) is 14.6 Å². The highest BCUT2D eigenvalue weighted by Crippen LogP contribution is 2.23.